The molecule has 0 saturated carbocycles. The van der Waals surface area contributed by atoms with Gasteiger partial charge in [-0.2, -0.15) is 0 Å². The van der Waals surface area contributed by atoms with Gasteiger partial charge in [-0.3, -0.25) is 14.5 Å². The number of ether oxygens (including phenoxy) is 3. The van der Waals surface area contributed by atoms with Crippen LogP contribution >= 0.6 is 0 Å². The van der Waals surface area contributed by atoms with E-state index in [4.69, 9.17) is 14.2 Å². The van der Waals surface area contributed by atoms with Crippen LogP contribution < -0.4 is 19.5 Å². The van der Waals surface area contributed by atoms with E-state index in [0.29, 0.717) is 30.3 Å². The molecule has 0 aromatic heterocycles. The van der Waals surface area contributed by atoms with Crippen molar-refractivity contribution in [1.29, 1.82) is 0 Å². The monoisotopic (exact) mass is 381 g/mol. The Morgan fingerprint density at radius 1 is 0.926 bits per heavy atom. The van der Waals surface area contributed by atoms with Crippen LogP contribution in [0.1, 0.15) is 19.4 Å². The van der Waals surface area contributed by atoms with E-state index in [9.17, 15) is 9.59 Å². The number of hydrogen-bond donors (Lipinski definition) is 1. The number of hydrogen-bond acceptors (Lipinski definition) is 6. The predicted molar refractivity (Wildman–Crippen MR) is 103 cm³/mol. The Labute approximate surface area is 161 Å². The largest absolute Gasteiger partial charge is 0.496 e. The van der Waals surface area contributed by atoms with Gasteiger partial charge >= 0.3 is 0 Å². The minimum atomic E-state index is -0.179. The molecule has 0 atom stereocenters. The molecule has 0 heterocycles. The fourth-order valence-electron chi connectivity index (χ4n) is 2.69. The Morgan fingerprint density at radius 2 is 1.48 bits per heavy atom. The summed E-state index contributed by atoms with van der Waals surface area (Å²) in [4.78, 5) is 27.8. The summed E-state index contributed by atoms with van der Waals surface area (Å²) in [5, 5.41) is 2.84. The molecule has 0 spiro atoms. The van der Waals surface area contributed by atoms with Gasteiger partial charge in [-0.15, -0.1) is 0 Å². The van der Waals surface area contributed by atoms with Crippen molar-refractivity contribution >= 4 is 11.8 Å². The minimum absolute atomic E-state index is 0.0110. The molecule has 152 valence electrons. The highest BCUT2D eigenvalue weighted by Crippen LogP contribution is 2.34. The van der Waals surface area contributed by atoms with Gasteiger partial charge in [0.25, 0.3) is 0 Å². The molecule has 8 nitrogen and oxygen atoms in total. The number of nitrogens with zero attached hydrogens (tertiary/aromatic N) is 2. The van der Waals surface area contributed by atoms with Crippen molar-refractivity contribution in [3.05, 3.63) is 17.7 Å². The molecule has 0 unspecified atom stereocenters. The Kier molecular flexibility index (Phi) is 9.42. The van der Waals surface area contributed by atoms with Crippen LogP contribution in [0.2, 0.25) is 0 Å². The standard InChI is InChI=1S/C19H31N3O5/c1-7-22(8-2)19(24)13-21(3)12-18(23)20-11-14-9-16(26-5)17(27-6)10-15(14)25-4/h9-10H,7-8,11-13H2,1-6H3,(H,20,23). The molecule has 0 radical (unpaired) electrons. The van der Waals surface area contributed by atoms with Crippen LogP contribution in [0.5, 0.6) is 17.2 Å². The normalized spacial score (nSPS) is 10.5. The van der Waals surface area contributed by atoms with Crippen LogP contribution in [0, 0.1) is 0 Å². The van der Waals surface area contributed by atoms with Crippen molar-refractivity contribution in [1.82, 2.24) is 15.1 Å². The van der Waals surface area contributed by atoms with E-state index in [1.807, 2.05) is 13.8 Å². The van der Waals surface area contributed by atoms with Gasteiger partial charge in [-0.25, -0.2) is 0 Å². The van der Waals surface area contributed by atoms with Gasteiger partial charge < -0.3 is 24.4 Å². The van der Waals surface area contributed by atoms with Gasteiger partial charge in [0, 0.05) is 31.3 Å². The maximum atomic E-state index is 12.2. The summed E-state index contributed by atoms with van der Waals surface area (Å²) < 4.78 is 15.9. The number of benzene rings is 1. The molecule has 0 aliphatic rings. The molecule has 1 N–H and O–H groups in total. The summed E-state index contributed by atoms with van der Waals surface area (Å²) in [7, 11) is 6.40. The van der Waals surface area contributed by atoms with Crippen LogP contribution in [0.4, 0.5) is 0 Å². The summed E-state index contributed by atoms with van der Waals surface area (Å²) in [6.07, 6.45) is 0. The number of rotatable bonds is 11. The number of carbonyl (C=O) groups excluding carboxylic acids is 2. The number of amides is 2. The van der Waals surface area contributed by atoms with Crippen LogP contribution in [-0.4, -0.2) is 76.2 Å². The molecule has 0 aliphatic carbocycles. The van der Waals surface area contributed by atoms with Gasteiger partial charge in [0.1, 0.15) is 5.75 Å². The highest BCUT2D eigenvalue weighted by Gasteiger charge is 2.16. The van der Waals surface area contributed by atoms with E-state index in [0.717, 1.165) is 5.56 Å². The van der Waals surface area contributed by atoms with Crippen molar-refractivity contribution in [2.24, 2.45) is 0 Å². The highest BCUT2D eigenvalue weighted by atomic mass is 16.5. The Hall–Kier alpha value is -2.48. The number of likely N-dealkylation sites (N-methyl/N-ethyl adjacent to an activating group) is 2. The maximum absolute atomic E-state index is 12.2. The summed E-state index contributed by atoms with van der Waals surface area (Å²) >= 11 is 0. The lowest BCUT2D eigenvalue weighted by Crippen LogP contribution is -2.42. The smallest absolute Gasteiger partial charge is 0.236 e. The van der Waals surface area contributed by atoms with E-state index in [2.05, 4.69) is 5.32 Å². The topological polar surface area (TPSA) is 80.3 Å². The zero-order valence-corrected chi connectivity index (χ0v) is 17.1. The molecule has 8 heteroatoms. The Bertz CT molecular complexity index is 632. The van der Waals surface area contributed by atoms with Crippen molar-refractivity contribution in [2.75, 3.05) is 54.6 Å². The first kappa shape index (κ1) is 22.6. The van der Waals surface area contributed by atoms with Crippen LogP contribution in [0.3, 0.4) is 0 Å². The summed E-state index contributed by atoms with van der Waals surface area (Å²) in [6, 6.07) is 3.49. The first-order chi connectivity index (χ1) is 12.9. The van der Waals surface area contributed by atoms with E-state index < -0.39 is 0 Å². The maximum Gasteiger partial charge on any atom is 0.236 e. The second-order valence-electron chi connectivity index (χ2n) is 6.03. The lowest BCUT2D eigenvalue weighted by Gasteiger charge is -2.22. The third-order valence-corrected chi connectivity index (χ3v) is 4.20. The third-order valence-electron chi connectivity index (χ3n) is 4.20. The molecule has 27 heavy (non-hydrogen) atoms. The molecular weight excluding hydrogens is 350 g/mol. The minimum Gasteiger partial charge on any atom is -0.496 e. The van der Waals surface area contributed by atoms with Gasteiger partial charge in [-0.05, 0) is 27.0 Å². The SMILES string of the molecule is CCN(CC)C(=O)CN(C)CC(=O)NCc1cc(OC)c(OC)cc1OC. The van der Waals surface area contributed by atoms with Crippen molar-refractivity contribution in [3.8, 4) is 17.2 Å². The summed E-state index contributed by atoms with van der Waals surface area (Å²) in [6.45, 7) is 5.80. The summed E-state index contributed by atoms with van der Waals surface area (Å²) in [5.41, 5.74) is 0.769. The Balaban J connectivity index is 2.65. The second-order valence-corrected chi connectivity index (χ2v) is 6.03. The number of methoxy groups -OCH3 is 3. The van der Waals surface area contributed by atoms with E-state index >= 15 is 0 Å². The lowest BCUT2D eigenvalue weighted by molar-refractivity contribution is -0.132. The number of nitrogens with one attached hydrogen (secondary N) is 1. The van der Waals surface area contributed by atoms with Crippen LogP contribution in [0.25, 0.3) is 0 Å². The van der Waals surface area contributed by atoms with Gasteiger partial charge in [-0.1, -0.05) is 0 Å². The molecular formula is C19H31N3O5. The first-order valence-corrected chi connectivity index (χ1v) is 8.91. The Morgan fingerprint density at radius 3 is 2.00 bits per heavy atom. The zero-order chi connectivity index (χ0) is 20.4. The van der Waals surface area contributed by atoms with E-state index in [1.54, 1.807) is 50.3 Å². The van der Waals surface area contributed by atoms with Gasteiger partial charge in [0.15, 0.2) is 11.5 Å². The van der Waals surface area contributed by atoms with Crippen LogP contribution in [0.15, 0.2) is 12.1 Å². The third kappa shape index (κ3) is 6.63. The van der Waals surface area contributed by atoms with Gasteiger partial charge in [0.05, 0.1) is 34.4 Å². The molecule has 1 aromatic carbocycles. The lowest BCUT2D eigenvalue weighted by atomic mass is 10.1. The molecule has 1 aromatic rings. The fourth-order valence-corrected chi connectivity index (χ4v) is 2.69. The van der Waals surface area contributed by atoms with Crippen LogP contribution in [-0.2, 0) is 16.1 Å². The molecule has 0 fully saturated rings. The van der Waals surface area contributed by atoms with E-state index in [1.165, 1.54) is 0 Å². The highest BCUT2D eigenvalue weighted by molar-refractivity contribution is 5.81. The second kappa shape index (κ2) is 11.3. The quantitative estimate of drug-likeness (QED) is 0.619. The van der Waals surface area contributed by atoms with Crippen molar-refractivity contribution in [3.63, 3.8) is 0 Å². The van der Waals surface area contributed by atoms with Crippen molar-refractivity contribution in [2.45, 2.75) is 20.4 Å². The van der Waals surface area contributed by atoms with Gasteiger partial charge in [0.2, 0.25) is 11.8 Å². The predicted octanol–water partition coefficient (Wildman–Crippen LogP) is 1.13. The van der Waals surface area contributed by atoms with Crippen molar-refractivity contribution < 1.29 is 23.8 Å². The molecule has 2 amide bonds. The average molecular weight is 381 g/mol. The fraction of sp³-hybridized carbons (Fsp3) is 0.579. The number of carbonyl (C=O) groups is 2. The molecule has 0 saturated heterocycles. The average Bonchev–Trinajstić information content (AvgIpc) is 2.66. The zero-order valence-electron chi connectivity index (χ0n) is 17.1. The molecule has 1 rings (SSSR count). The summed E-state index contributed by atoms with van der Waals surface area (Å²) in [5.74, 6) is 1.54. The first-order valence-electron chi connectivity index (χ1n) is 8.91. The molecule has 0 aliphatic heterocycles. The molecule has 0 bridgehead atoms. The van der Waals surface area contributed by atoms with E-state index in [-0.39, 0.29) is 31.4 Å².